The first kappa shape index (κ1) is 18.3. The van der Waals surface area contributed by atoms with Gasteiger partial charge in [0.1, 0.15) is 0 Å². The Bertz CT molecular complexity index is 357. The van der Waals surface area contributed by atoms with Crippen LogP contribution in [0.4, 0.5) is 0 Å². The smallest absolute Gasteiger partial charge is 0.306 e. The van der Waals surface area contributed by atoms with Gasteiger partial charge in [0.2, 0.25) is 0 Å². The first-order chi connectivity index (χ1) is 8.79. The number of nitrogens with zero attached hydrogens (tertiary/aromatic N) is 2. The van der Waals surface area contributed by atoms with Crippen LogP contribution in [0, 0.1) is 0 Å². The Hall–Kier alpha value is -0.700. The van der Waals surface area contributed by atoms with Crippen molar-refractivity contribution in [2.75, 3.05) is 47.9 Å². The molecule has 0 fully saturated rings. The lowest BCUT2D eigenvalue weighted by Gasteiger charge is -2.17. The van der Waals surface area contributed by atoms with Crippen molar-refractivity contribution < 1.29 is 17.9 Å². The molecule has 0 bridgehead atoms. The van der Waals surface area contributed by atoms with E-state index in [0.29, 0.717) is 6.54 Å². The van der Waals surface area contributed by atoms with Crippen LogP contribution in [-0.4, -0.2) is 71.5 Å². The molecule has 0 aliphatic heterocycles. The number of ether oxygens (including phenoxy) is 1. The second-order valence-electron chi connectivity index (χ2n) is 4.56. The number of esters is 1. The van der Waals surface area contributed by atoms with E-state index >= 15 is 0 Å². The normalized spacial score (nSPS) is 12.1. The predicted octanol–water partition coefficient (Wildman–Crippen LogP) is -0.342. The number of carbonyl (C=O) groups excluding carboxylic acids is 1. The van der Waals surface area contributed by atoms with E-state index < -0.39 is 16.2 Å². The zero-order valence-corrected chi connectivity index (χ0v) is 13.0. The summed E-state index contributed by atoms with van der Waals surface area (Å²) in [4.78, 5) is 13.0. The van der Waals surface area contributed by atoms with Crippen LogP contribution in [0.15, 0.2) is 0 Å². The van der Waals surface area contributed by atoms with Crippen molar-refractivity contribution >= 4 is 16.2 Å². The van der Waals surface area contributed by atoms with Gasteiger partial charge in [-0.1, -0.05) is 0 Å². The molecule has 0 atom stereocenters. The maximum absolute atomic E-state index is 11.8. The molecule has 0 aromatic rings. The molecule has 1 N–H and O–H groups in total. The van der Waals surface area contributed by atoms with Crippen LogP contribution in [0.5, 0.6) is 0 Å². The van der Waals surface area contributed by atoms with Gasteiger partial charge in [-0.2, -0.15) is 12.7 Å². The van der Waals surface area contributed by atoms with Crippen molar-refractivity contribution in [3.8, 4) is 0 Å². The van der Waals surface area contributed by atoms with Gasteiger partial charge in [-0.3, -0.25) is 4.79 Å². The van der Waals surface area contributed by atoms with Crippen molar-refractivity contribution in [2.45, 2.75) is 19.3 Å². The Morgan fingerprint density at radius 1 is 1.16 bits per heavy atom. The van der Waals surface area contributed by atoms with Crippen molar-refractivity contribution in [1.29, 1.82) is 0 Å². The topological polar surface area (TPSA) is 78.9 Å². The highest BCUT2D eigenvalue weighted by molar-refractivity contribution is 7.87. The van der Waals surface area contributed by atoms with Crippen LogP contribution >= 0.6 is 0 Å². The van der Waals surface area contributed by atoms with E-state index in [9.17, 15) is 13.2 Å². The first-order valence-corrected chi connectivity index (χ1v) is 7.66. The van der Waals surface area contributed by atoms with Gasteiger partial charge in [-0.15, -0.1) is 0 Å². The standard InChI is InChI=1S/C11H25N3O4S/c1-13(2)9-6-5-8-12-19(16,17)14(3)10-7-11(15)18-4/h12H,5-10H2,1-4H3. The highest BCUT2D eigenvalue weighted by atomic mass is 32.2. The van der Waals surface area contributed by atoms with Gasteiger partial charge < -0.3 is 9.64 Å². The maximum atomic E-state index is 11.8. The van der Waals surface area contributed by atoms with E-state index in [2.05, 4.69) is 14.4 Å². The minimum atomic E-state index is -3.50. The van der Waals surface area contributed by atoms with Crippen molar-refractivity contribution in [3.05, 3.63) is 0 Å². The molecule has 7 nitrogen and oxygen atoms in total. The molecule has 0 aliphatic rings. The fraction of sp³-hybridized carbons (Fsp3) is 0.909. The third kappa shape index (κ3) is 8.93. The van der Waals surface area contributed by atoms with E-state index in [1.807, 2.05) is 14.1 Å². The van der Waals surface area contributed by atoms with Gasteiger partial charge in [0.15, 0.2) is 0 Å². The predicted molar refractivity (Wildman–Crippen MR) is 74.0 cm³/mol. The second-order valence-corrected chi connectivity index (χ2v) is 6.42. The van der Waals surface area contributed by atoms with Gasteiger partial charge in [0.05, 0.1) is 13.5 Å². The lowest BCUT2D eigenvalue weighted by atomic mass is 10.3. The molecular formula is C11H25N3O4S. The Morgan fingerprint density at radius 3 is 2.32 bits per heavy atom. The highest BCUT2D eigenvalue weighted by Gasteiger charge is 2.17. The molecule has 114 valence electrons. The van der Waals surface area contributed by atoms with Gasteiger partial charge in [-0.05, 0) is 33.5 Å². The van der Waals surface area contributed by atoms with Gasteiger partial charge >= 0.3 is 5.97 Å². The summed E-state index contributed by atoms with van der Waals surface area (Å²) in [7, 11) is 3.16. The maximum Gasteiger partial charge on any atom is 0.306 e. The number of hydrogen-bond acceptors (Lipinski definition) is 5. The zero-order valence-electron chi connectivity index (χ0n) is 12.2. The summed E-state index contributed by atoms with van der Waals surface area (Å²) >= 11 is 0. The zero-order chi connectivity index (χ0) is 14.9. The van der Waals surface area contributed by atoms with Gasteiger partial charge in [-0.25, -0.2) is 4.72 Å². The van der Waals surface area contributed by atoms with Crippen LogP contribution in [0.2, 0.25) is 0 Å². The summed E-state index contributed by atoms with van der Waals surface area (Å²) < 4.78 is 31.6. The molecule has 0 aromatic carbocycles. The summed E-state index contributed by atoms with van der Waals surface area (Å²) in [5.41, 5.74) is 0. The average Bonchev–Trinajstić information content (AvgIpc) is 2.34. The van der Waals surface area contributed by atoms with Crippen molar-refractivity contribution in [1.82, 2.24) is 13.9 Å². The van der Waals surface area contributed by atoms with Crippen LogP contribution in [-0.2, 0) is 19.7 Å². The summed E-state index contributed by atoms with van der Waals surface area (Å²) in [5.74, 6) is -0.423. The monoisotopic (exact) mass is 295 g/mol. The fourth-order valence-electron chi connectivity index (χ4n) is 1.34. The van der Waals surface area contributed by atoms with Crippen LogP contribution in [0.3, 0.4) is 0 Å². The molecule has 0 amide bonds. The molecule has 0 spiro atoms. The van der Waals surface area contributed by atoms with Gasteiger partial charge in [0.25, 0.3) is 10.2 Å². The van der Waals surface area contributed by atoms with E-state index in [1.165, 1.54) is 14.2 Å². The molecule has 0 radical (unpaired) electrons. The molecule has 0 unspecified atom stereocenters. The number of unbranched alkanes of at least 4 members (excludes halogenated alkanes) is 1. The largest absolute Gasteiger partial charge is 0.469 e. The molecular weight excluding hydrogens is 270 g/mol. The number of nitrogens with one attached hydrogen (secondary N) is 1. The van der Waals surface area contributed by atoms with Crippen LogP contribution in [0.1, 0.15) is 19.3 Å². The molecule has 19 heavy (non-hydrogen) atoms. The van der Waals surface area contributed by atoms with E-state index in [1.54, 1.807) is 0 Å². The molecule has 0 aromatic heterocycles. The molecule has 0 aliphatic carbocycles. The first-order valence-electron chi connectivity index (χ1n) is 6.22. The molecule has 0 saturated heterocycles. The highest BCUT2D eigenvalue weighted by Crippen LogP contribution is 1.98. The van der Waals surface area contributed by atoms with E-state index in [0.717, 1.165) is 23.7 Å². The Balaban J connectivity index is 3.92. The summed E-state index contributed by atoms with van der Waals surface area (Å²) in [6.07, 6.45) is 1.76. The minimum absolute atomic E-state index is 0.0501. The Kier molecular flexibility index (Phi) is 8.90. The molecule has 8 heteroatoms. The number of carbonyl (C=O) groups is 1. The number of methoxy groups -OCH3 is 1. The second kappa shape index (κ2) is 9.24. The molecule has 0 rings (SSSR count). The summed E-state index contributed by atoms with van der Waals surface area (Å²) in [6.45, 7) is 1.44. The van der Waals surface area contributed by atoms with Crippen LogP contribution in [0.25, 0.3) is 0 Å². The number of rotatable bonds is 10. The lowest BCUT2D eigenvalue weighted by molar-refractivity contribution is -0.140. The van der Waals surface area contributed by atoms with E-state index in [-0.39, 0.29) is 13.0 Å². The third-order valence-corrected chi connectivity index (χ3v) is 4.16. The van der Waals surface area contributed by atoms with Crippen LogP contribution < -0.4 is 4.72 Å². The Morgan fingerprint density at radius 2 is 1.79 bits per heavy atom. The average molecular weight is 295 g/mol. The quantitative estimate of drug-likeness (QED) is 0.440. The summed E-state index contributed by atoms with van der Waals surface area (Å²) in [6, 6.07) is 0. The third-order valence-electron chi connectivity index (χ3n) is 2.59. The minimum Gasteiger partial charge on any atom is -0.469 e. The Labute approximate surface area is 116 Å². The van der Waals surface area contributed by atoms with E-state index in [4.69, 9.17) is 0 Å². The SMILES string of the molecule is COC(=O)CCN(C)S(=O)(=O)NCCCCN(C)C. The number of hydrogen-bond donors (Lipinski definition) is 1. The lowest BCUT2D eigenvalue weighted by Crippen LogP contribution is -2.39. The molecule has 0 saturated carbocycles. The van der Waals surface area contributed by atoms with Crippen molar-refractivity contribution in [2.24, 2.45) is 0 Å². The molecule has 0 heterocycles. The van der Waals surface area contributed by atoms with Gasteiger partial charge in [0, 0.05) is 20.1 Å². The fourth-order valence-corrected chi connectivity index (χ4v) is 2.29. The summed E-state index contributed by atoms with van der Waals surface area (Å²) in [5, 5.41) is 0. The van der Waals surface area contributed by atoms with Crippen molar-refractivity contribution in [3.63, 3.8) is 0 Å².